The molecule has 2 aromatic rings. The maximum Gasteiger partial charge on any atom is 0.351 e. The van der Waals surface area contributed by atoms with E-state index in [0.29, 0.717) is 12.1 Å². The average Bonchev–Trinajstić information content (AvgIpc) is 3.23. The number of benzene rings is 1. The first-order chi connectivity index (χ1) is 14.8. The Morgan fingerprint density at radius 2 is 1.47 bits per heavy atom. The quantitative estimate of drug-likeness (QED) is 0.386. The van der Waals surface area contributed by atoms with E-state index in [0.717, 1.165) is 11.2 Å². The van der Waals surface area contributed by atoms with Crippen molar-refractivity contribution in [3.63, 3.8) is 0 Å². The molecule has 160 valence electrons. The van der Waals surface area contributed by atoms with E-state index in [4.69, 9.17) is 4.74 Å². The van der Waals surface area contributed by atoms with Crippen molar-refractivity contribution in [3.05, 3.63) is 53.9 Å². The number of carbonyl (C=O) groups is 1. The van der Waals surface area contributed by atoms with E-state index in [-0.39, 0.29) is 6.61 Å². The Labute approximate surface area is 178 Å². The van der Waals surface area contributed by atoms with Gasteiger partial charge in [-0.1, -0.05) is 68.9 Å². The minimum absolute atomic E-state index is 0.242. The molecule has 1 aromatic carbocycles. The second kappa shape index (κ2) is 10.4. The molecule has 2 saturated carbocycles. The van der Waals surface area contributed by atoms with Crippen LogP contribution in [-0.2, 0) is 16.1 Å². The highest BCUT2D eigenvalue weighted by molar-refractivity contribution is 6.23. The topological polar surface area (TPSA) is 60.9 Å². The lowest BCUT2D eigenvalue weighted by Crippen LogP contribution is -2.32. The molecule has 2 fully saturated rings. The number of imidazole rings is 1. The molecule has 2 aliphatic carbocycles. The summed E-state index contributed by atoms with van der Waals surface area (Å²) >= 11 is 0. The number of hydrogen-bond acceptors (Lipinski definition) is 4. The molecule has 0 bridgehead atoms. The Hall–Kier alpha value is -2.63. The Balaban J connectivity index is 1.50. The van der Waals surface area contributed by atoms with Crippen LogP contribution in [0.1, 0.15) is 81.9 Å². The van der Waals surface area contributed by atoms with Crippen LogP contribution >= 0.6 is 0 Å². The maximum absolute atomic E-state index is 12.1. The van der Waals surface area contributed by atoms with Crippen molar-refractivity contribution in [1.29, 1.82) is 0 Å². The lowest BCUT2D eigenvalue weighted by molar-refractivity contribution is -0.136. The van der Waals surface area contributed by atoms with Gasteiger partial charge in [0.25, 0.3) is 0 Å². The first-order valence-electron chi connectivity index (χ1n) is 11.4. The first kappa shape index (κ1) is 20.6. The van der Waals surface area contributed by atoms with Crippen molar-refractivity contribution in [2.75, 3.05) is 0 Å². The van der Waals surface area contributed by atoms with Gasteiger partial charge in [-0.15, -0.1) is 10.2 Å². The molecule has 0 N–H and O–H groups in total. The van der Waals surface area contributed by atoms with Gasteiger partial charge >= 0.3 is 5.97 Å². The Kier molecular flexibility index (Phi) is 7.16. The van der Waals surface area contributed by atoms with E-state index < -0.39 is 5.97 Å². The van der Waals surface area contributed by atoms with E-state index >= 15 is 0 Å². The molecule has 0 aliphatic heterocycles. The van der Waals surface area contributed by atoms with Gasteiger partial charge in [0.1, 0.15) is 12.8 Å². The molecule has 0 amide bonds. The van der Waals surface area contributed by atoms with Crippen molar-refractivity contribution < 1.29 is 9.53 Å². The van der Waals surface area contributed by atoms with Gasteiger partial charge in [0.2, 0.25) is 5.62 Å². The van der Waals surface area contributed by atoms with Gasteiger partial charge in [0.05, 0.1) is 0 Å². The normalized spacial score (nSPS) is 18.5. The molecule has 0 unspecified atom stereocenters. The molecule has 4 rings (SSSR count). The predicted molar refractivity (Wildman–Crippen MR) is 117 cm³/mol. The highest BCUT2D eigenvalue weighted by atomic mass is 16.5. The van der Waals surface area contributed by atoms with E-state index in [1.54, 1.807) is 0 Å². The van der Waals surface area contributed by atoms with Gasteiger partial charge in [0.15, 0.2) is 0 Å². The van der Waals surface area contributed by atoms with Crippen LogP contribution in [0.25, 0.3) is 0 Å². The largest absolute Gasteiger partial charge is 0.456 e. The van der Waals surface area contributed by atoms with E-state index in [9.17, 15) is 4.79 Å². The van der Waals surface area contributed by atoms with Gasteiger partial charge in [-0.05, 0) is 31.2 Å². The SMILES string of the molecule is O=C(/C=N/N=c1n(C2CCCCC2)ccn1C1CCCCC1)OCc1ccccc1. The third kappa shape index (κ3) is 5.29. The Bertz CT molecular complexity index is 862. The average molecular weight is 409 g/mol. The summed E-state index contributed by atoms with van der Waals surface area (Å²) in [6.45, 7) is 0.242. The minimum atomic E-state index is -0.470. The van der Waals surface area contributed by atoms with E-state index in [1.807, 2.05) is 30.3 Å². The summed E-state index contributed by atoms with van der Waals surface area (Å²) in [4.78, 5) is 12.1. The van der Waals surface area contributed by atoms with Crippen molar-refractivity contribution >= 4 is 12.2 Å². The molecule has 0 spiro atoms. The van der Waals surface area contributed by atoms with Crippen LogP contribution in [0.2, 0.25) is 0 Å². The maximum atomic E-state index is 12.1. The van der Waals surface area contributed by atoms with Crippen LogP contribution < -0.4 is 5.62 Å². The van der Waals surface area contributed by atoms with Crippen LogP contribution in [0.15, 0.2) is 52.9 Å². The zero-order valence-electron chi connectivity index (χ0n) is 17.7. The summed E-state index contributed by atoms with van der Waals surface area (Å²) in [6.07, 6.45) is 17.9. The zero-order chi connectivity index (χ0) is 20.6. The highest BCUT2D eigenvalue weighted by Gasteiger charge is 2.21. The number of esters is 1. The molecule has 6 nitrogen and oxygen atoms in total. The standard InChI is InChI=1S/C24H32N4O2/c29-23(30-19-20-10-4-1-5-11-20)18-25-26-24-27(21-12-6-2-7-13-21)16-17-28(24)22-14-8-3-9-15-22/h1,4-5,10-11,16-18,21-22H,2-3,6-9,12-15,19H2/b25-18+. The number of rotatable bonds is 6. The molecular formula is C24H32N4O2. The summed E-state index contributed by atoms with van der Waals surface area (Å²) in [5.41, 5.74) is 1.82. The van der Waals surface area contributed by atoms with Gasteiger partial charge in [0, 0.05) is 24.5 Å². The van der Waals surface area contributed by atoms with E-state index in [2.05, 4.69) is 31.7 Å². The zero-order valence-corrected chi connectivity index (χ0v) is 17.7. The molecule has 1 aromatic heterocycles. The first-order valence-corrected chi connectivity index (χ1v) is 11.4. The van der Waals surface area contributed by atoms with Crippen molar-refractivity contribution in [1.82, 2.24) is 9.13 Å². The van der Waals surface area contributed by atoms with Crippen LogP contribution in [-0.4, -0.2) is 21.3 Å². The fourth-order valence-electron chi connectivity index (χ4n) is 4.70. The summed E-state index contributed by atoms with van der Waals surface area (Å²) in [7, 11) is 0. The van der Waals surface area contributed by atoms with Crippen molar-refractivity contribution in [2.24, 2.45) is 10.2 Å². The summed E-state index contributed by atoms with van der Waals surface area (Å²) < 4.78 is 9.84. The molecule has 0 atom stereocenters. The lowest BCUT2D eigenvalue weighted by atomic mass is 9.95. The number of hydrogen-bond donors (Lipinski definition) is 0. The minimum Gasteiger partial charge on any atom is -0.456 e. The van der Waals surface area contributed by atoms with Gasteiger partial charge in [-0.2, -0.15) is 0 Å². The molecule has 2 aliphatic rings. The van der Waals surface area contributed by atoms with Crippen molar-refractivity contribution in [3.8, 4) is 0 Å². The summed E-state index contributed by atoms with van der Waals surface area (Å²) in [6, 6.07) is 10.6. The second-order valence-electron chi connectivity index (χ2n) is 8.43. The number of carbonyl (C=O) groups excluding carboxylic acids is 1. The fourth-order valence-corrected chi connectivity index (χ4v) is 4.70. The number of nitrogens with zero attached hydrogens (tertiary/aromatic N) is 4. The molecule has 0 radical (unpaired) electrons. The molecule has 30 heavy (non-hydrogen) atoms. The molecule has 1 heterocycles. The third-order valence-electron chi connectivity index (χ3n) is 6.32. The lowest BCUT2D eigenvalue weighted by Gasteiger charge is -2.25. The van der Waals surface area contributed by atoms with Crippen LogP contribution in [0.4, 0.5) is 0 Å². The fraction of sp³-hybridized carbons (Fsp3) is 0.542. The highest BCUT2D eigenvalue weighted by Crippen LogP contribution is 2.29. The third-order valence-corrected chi connectivity index (χ3v) is 6.32. The van der Waals surface area contributed by atoms with Crippen molar-refractivity contribution in [2.45, 2.75) is 82.9 Å². The Morgan fingerprint density at radius 1 is 0.900 bits per heavy atom. The van der Waals surface area contributed by atoms with Gasteiger partial charge in [-0.25, -0.2) is 4.79 Å². The molecule has 0 saturated heterocycles. The van der Waals surface area contributed by atoms with Crippen LogP contribution in [0.5, 0.6) is 0 Å². The summed E-state index contributed by atoms with van der Waals surface area (Å²) in [5, 5.41) is 8.63. The van der Waals surface area contributed by atoms with Gasteiger partial charge in [-0.3, -0.25) is 0 Å². The Morgan fingerprint density at radius 3 is 2.03 bits per heavy atom. The molecule has 6 heteroatoms. The monoisotopic (exact) mass is 408 g/mol. The van der Waals surface area contributed by atoms with Crippen LogP contribution in [0, 0.1) is 0 Å². The van der Waals surface area contributed by atoms with E-state index in [1.165, 1.54) is 70.4 Å². The number of aromatic nitrogens is 2. The summed E-state index contributed by atoms with van der Waals surface area (Å²) in [5.74, 6) is -0.470. The molecular weight excluding hydrogens is 376 g/mol. The second-order valence-corrected chi connectivity index (χ2v) is 8.43. The predicted octanol–water partition coefficient (Wildman–Crippen LogP) is 4.93. The number of ether oxygens (including phenoxy) is 1. The smallest absolute Gasteiger partial charge is 0.351 e. The van der Waals surface area contributed by atoms with Crippen LogP contribution in [0.3, 0.4) is 0 Å². The van der Waals surface area contributed by atoms with Gasteiger partial charge < -0.3 is 13.9 Å².